The van der Waals surface area contributed by atoms with Crippen LogP contribution >= 0.6 is 0 Å². The van der Waals surface area contributed by atoms with Gasteiger partial charge in [-0.25, -0.2) is 4.79 Å². The number of aliphatic hydroxyl groups excluding tert-OH is 5. The third-order valence-electron chi connectivity index (χ3n) is 4.67. The van der Waals surface area contributed by atoms with Crippen molar-refractivity contribution in [1.29, 1.82) is 0 Å². The second-order valence-corrected chi connectivity index (χ2v) is 6.55. The first-order chi connectivity index (χ1) is 12.0. The molecule has 2 rings (SSSR count). The zero-order valence-electron chi connectivity index (χ0n) is 13.9. The number of hydrogen-bond acceptors (Lipinski definition) is 10. The summed E-state index contributed by atoms with van der Waals surface area (Å²) in [5.74, 6) is -2.87. The molecule has 26 heavy (non-hydrogen) atoms. The van der Waals surface area contributed by atoms with Gasteiger partial charge in [-0.05, 0) is 13.3 Å². The number of ether oxygens (including phenoxy) is 2. The minimum absolute atomic E-state index is 0.0808. The van der Waals surface area contributed by atoms with Gasteiger partial charge in [0, 0.05) is 0 Å². The molecule has 0 aromatic carbocycles. The molecule has 8 atom stereocenters. The summed E-state index contributed by atoms with van der Waals surface area (Å²) in [6, 6.07) is -1.57. The molecule has 150 valence electrons. The van der Waals surface area contributed by atoms with Gasteiger partial charge in [0.05, 0.1) is 18.2 Å². The van der Waals surface area contributed by atoms with Crippen LogP contribution in [0.1, 0.15) is 13.3 Å². The van der Waals surface area contributed by atoms with Crippen LogP contribution in [0.3, 0.4) is 0 Å². The summed E-state index contributed by atoms with van der Waals surface area (Å²) in [6.45, 7) is 1.54. The van der Waals surface area contributed by atoms with Crippen molar-refractivity contribution in [1.82, 2.24) is 5.32 Å². The van der Waals surface area contributed by atoms with E-state index in [1.807, 2.05) is 0 Å². The molecule has 1 heterocycles. The van der Waals surface area contributed by atoms with Gasteiger partial charge < -0.3 is 51.2 Å². The van der Waals surface area contributed by atoms with E-state index in [9.17, 15) is 35.1 Å². The second kappa shape index (κ2) is 8.10. The molecule has 12 heteroatoms. The monoisotopic (exact) mass is 380 g/mol. The molecule has 0 bridgehead atoms. The molecular weight excluding hydrogens is 356 g/mol. The third-order valence-corrected chi connectivity index (χ3v) is 4.67. The lowest BCUT2D eigenvalue weighted by Crippen LogP contribution is -2.66. The number of rotatable bonds is 3. The molecule has 1 aliphatic heterocycles. The predicted octanol–water partition coefficient (Wildman–Crippen LogP) is -4.78. The second-order valence-electron chi connectivity index (χ2n) is 6.55. The van der Waals surface area contributed by atoms with Crippen molar-refractivity contribution >= 4 is 11.9 Å². The van der Waals surface area contributed by atoms with Crippen LogP contribution in [0, 0.1) is 0 Å². The quantitative estimate of drug-likeness (QED) is 0.218. The van der Waals surface area contributed by atoms with Crippen molar-refractivity contribution < 1.29 is 49.7 Å². The fourth-order valence-electron chi connectivity index (χ4n) is 3.06. The van der Waals surface area contributed by atoms with Crippen LogP contribution in [0.5, 0.6) is 0 Å². The van der Waals surface area contributed by atoms with E-state index in [0.29, 0.717) is 0 Å². The number of carbonyl (C=O) groups is 2. The molecule has 1 aliphatic carbocycles. The predicted molar refractivity (Wildman–Crippen MR) is 81.4 cm³/mol. The van der Waals surface area contributed by atoms with Gasteiger partial charge in [-0.1, -0.05) is 0 Å². The largest absolute Gasteiger partial charge is 0.474 e. The summed E-state index contributed by atoms with van der Waals surface area (Å²) < 4.78 is 10.9. The summed E-state index contributed by atoms with van der Waals surface area (Å²) in [6.07, 6.45) is -12.0. The highest BCUT2D eigenvalue weighted by Crippen LogP contribution is 2.28. The standard InChI is InChI=1S/C14H24N2O10/c1-3-5(16-12(22)13(23)24)2-4(15)14(25-3)26-11-9(20)7(18)6(17)8(19)10(11)21/h3-11,14,17-21H,2,15H2,1H3,(H,16,22)(H,23,24). The Morgan fingerprint density at radius 1 is 1.04 bits per heavy atom. The SMILES string of the molecule is CC1OC(OC2C(O)C(O)C(O)C(O)C2O)C(N)CC1NC(=O)C(=O)O. The van der Waals surface area contributed by atoms with Crippen molar-refractivity contribution in [2.45, 2.75) is 74.4 Å². The van der Waals surface area contributed by atoms with Crippen molar-refractivity contribution in [3.63, 3.8) is 0 Å². The highest BCUT2D eigenvalue weighted by atomic mass is 16.7. The zero-order valence-corrected chi connectivity index (χ0v) is 13.9. The van der Waals surface area contributed by atoms with Crippen LogP contribution in [0.15, 0.2) is 0 Å². The molecule has 1 saturated heterocycles. The molecule has 2 aliphatic rings. The number of hydrogen-bond donors (Lipinski definition) is 8. The molecular formula is C14H24N2O10. The number of carboxylic acid groups (broad SMARTS) is 1. The molecule has 1 saturated carbocycles. The first-order valence-corrected chi connectivity index (χ1v) is 8.05. The van der Waals surface area contributed by atoms with E-state index in [4.69, 9.17) is 20.3 Å². The molecule has 12 nitrogen and oxygen atoms in total. The Kier molecular flexibility index (Phi) is 6.52. The third kappa shape index (κ3) is 4.13. The van der Waals surface area contributed by atoms with E-state index in [0.717, 1.165) is 0 Å². The average molecular weight is 380 g/mol. The Bertz CT molecular complexity index is 518. The molecule has 1 amide bonds. The Morgan fingerprint density at radius 3 is 2.04 bits per heavy atom. The van der Waals surface area contributed by atoms with Crippen molar-refractivity contribution in [2.75, 3.05) is 0 Å². The first-order valence-electron chi connectivity index (χ1n) is 8.05. The number of carboxylic acids is 1. The van der Waals surface area contributed by atoms with E-state index in [1.54, 1.807) is 0 Å². The fourth-order valence-corrected chi connectivity index (χ4v) is 3.06. The molecule has 0 aromatic heterocycles. The maximum atomic E-state index is 11.3. The minimum Gasteiger partial charge on any atom is -0.474 e. The smallest absolute Gasteiger partial charge is 0.394 e. The summed E-state index contributed by atoms with van der Waals surface area (Å²) >= 11 is 0. The Balaban J connectivity index is 2.02. The van der Waals surface area contributed by atoms with Crippen LogP contribution in [-0.4, -0.2) is 104 Å². The number of nitrogens with two attached hydrogens (primary N) is 1. The zero-order chi connectivity index (χ0) is 19.8. The van der Waals surface area contributed by atoms with E-state index in [-0.39, 0.29) is 6.42 Å². The van der Waals surface area contributed by atoms with Gasteiger partial charge in [0.2, 0.25) is 0 Å². The van der Waals surface area contributed by atoms with E-state index < -0.39 is 73.0 Å². The highest BCUT2D eigenvalue weighted by Gasteiger charge is 2.51. The maximum Gasteiger partial charge on any atom is 0.394 e. The van der Waals surface area contributed by atoms with E-state index in [1.165, 1.54) is 6.92 Å². The summed E-state index contributed by atoms with van der Waals surface area (Å²) in [5.41, 5.74) is 5.90. The van der Waals surface area contributed by atoms with Crippen molar-refractivity contribution in [2.24, 2.45) is 5.73 Å². The molecule has 0 spiro atoms. The number of aliphatic carboxylic acids is 1. The Labute approximate surface area is 148 Å². The highest BCUT2D eigenvalue weighted by molar-refractivity contribution is 6.31. The molecule has 2 fully saturated rings. The van der Waals surface area contributed by atoms with Crippen LogP contribution in [0.4, 0.5) is 0 Å². The van der Waals surface area contributed by atoms with E-state index >= 15 is 0 Å². The van der Waals surface area contributed by atoms with Gasteiger partial charge in [-0.3, -0.25) is 4.79 Å². The van der Waals surface area contributed by atoms with Gasteiger partial charge in [-0.2, -0.15) is 0 Å². The lowest BCUT2D eigenvalue weighted by molar-refractivity contribution is -0.294. The van der Waals surface area contributed by atoms with Gasteiger partial charge in [0.25, 0.3) is 0 Å². The lowest BCUT2D eigenvalue weighted by Gasteiger charge is -2.45. The van der Waals surface area contributed by atoms with Crippen LogP contribution in [0.25, 0.3) is 0 Å². The number of carbonyl (C=O) groups excluding carboxylic acids is 1. The number of aliphatic hydroxyl groups is 5. The fraction of sp³-hybridized carbons (Fsp3) is 0.857. The maximum absolute atomic E-state index is 11.3. The van der Waals surface area contributed by atoms with Crippen LogP contribution < -0.4 is 11.1 Å². The molecule has 9 N–H and O–H groups in total. The average Bonchev–Trinajstić information content (AvgIpc) is 2.58. The molecule has 0 radical (unpaired) electrons. The van der Waals surface area contributed by atoms with Crippen molar-refractivity contribution in [3.05, 3.63) is 0 Å². The summed E-state index contributed by atoms with van der Waals surface area (Å²) in [5, 5.41) is 59.8. The first kappa shape index (κ1) is 20.9. The Morgan fingerprint density at radius 2 is 1.54 bits per heavy atom. The minimum atomic E-state index is -1.75. The number of nitrogens with one attached hydrogen (secondary N) is 1. The van der Waals surface area contributed by atoms with Crippen molar-refractivity contribution in [3.8, 4) is 0 Å². The van der Waals surface area contributed by atoms with Crippen LogP contribution in [-0.2, 0) is 19.1 Å². The van der Waals surface area contributed by atoms with Gasteiger partial charge in [0.1, 0.15) is 36.6 Å². The van der Waals surface area contributed by atoms with E-state index in [2.05, 4.69) is 5.32 Å². The van der Waals surface area contributed by atoms with Gasteiger partial charge in [0.15, 0.2) is 6.29 Å². The summed E-state index contributed by atoms with van der Waals surface area (Å²) in [4.78, 5) is 21.9. The molecule has 8 unspecified atom stereocenters. The topological polar surface area (TPSA) is 212 Å². The van der Waals surface area contributed by atoms with Gasteiger partial charge in [-0.15, -0.1) is 0 Å². The lowest BCUT2D eigenvalue weighted by atomic mass is 9.84. The van der Waals surface area contributed by atoms with Crippen LogP contribution in [0.2, 0.25) is 0 Å². The molecule has 0 aromatic rings. The number of amides is 1. The normalized spacial score (nSPS) is 46.6. The summed E-state index contributed by atoms with van der Waals surface area (Å²) in [7, 11) is 0. The Hall–Kier alpha value is -1.38. The van der Waals surface area contributed by atoms with Gasteiger partial charge >= 0.3 is 11.9 Å².